The first-order valence-electron chi connectivity index (χ1n) is 8.11. The fourth-order valence-electron chi connectivity index (χ4n) is 2.95. The first-order chi connectivity index (χ1) is 12.0. The van der Waals surface area contributed by atoms with Crippen molar-refractivity contribution in [3.05, 3.63) is 53.6 Å². The standard InChI is InChI=1S/C19H20N2O4/c1-13-10-15(25-12-19(23)24)6-7-16(13)20-18(22)11-21-9-8-14-4-2-3-5-17(14)21/h2-7,10H,8-9,11-12H2,1H3,(H,20,22)(H,23,24). The van der Waals surface area contributed by atoms with E-state index in [0.29, 0.717) is 18.0 Å². The number of hydrogen-bond acceptors (Lipinski definition) is 4. The average molecular weight is 340 g/mol. The van der Waals surface area contributed by atoms with Gasteiger partial charge in [0.2, 0.25) is 5.91 Å². The summed E-state index contributed by atoms with van der Waals surface area (Å²) in [6, 6.07) is 13.2. The molecule has 2 aromatic rings. The largest absolute Gasteiger partial charge is 0.482 e. The van der Waals surface area contributed by atoms with Crippen molar-refractivity contribution >= 4 is 23.3 Å². The molecule has 0 radical (unpaired) electrons. The monoisotopic (exact) mass is 340 g/mol. The van der Waals surface area contributed by atoms with Crippen LogP contribution in [0.25, 0.3) is 0 Å². The van der Waals surface area contributed by atoms with E-state index in [9.17, 15) is 9.59 Å². The highest BCUT2D eigenvalue weighted by atomic mass is 16.5. The van der Waals surface area contributed by atoms with Crippen molar-refractivity contribution in [1.29, 1.82) is 0 Å². The molecule has 2 aromatic carbocycles. The van der Waals surface area contributed by atoms with Gasteiger partial charge in [-0.05, 0) is 48.7 Å². The van der Waals surface area contributed by atoms with Crippen LogP contribution in [0.2, 0.25) is 0 Å². The number of carboxylic acid groups (broad SMARTS) is 1. The zero-order valence-electron chi connectivity index (χ0n) is 14.0. The zero-order valence-corrected chi connectivity index (χ0v) is 14.0. The molecule has 25 heavy (non-hydrogen) atoms. The van der Waals surface area contributed by atoms with Crippen LogP contribution < -0.4 is 15.0 Å². The molecule has 0 saturated heterocycles. The maximum Gasteiger partial charge on any atom is 0.341 e. The normalized spacial score (nSPS) is 12.6. The molecule has 0 atom stereocenters. The Morgan fingerprint density at radius 3 is 2.80 bits per heavy atom. The third-order valence-corrected chi connectivity index (χ3v) is 4.15. The number of fused-ring (bicyclic) bond motifs is 1. The Kier molecular flexibility index (Phi) is 4.88. The summed E-state index contributed by atoms with van der Waals surface area (Å²) in [7, 11) is 0. The fraction of sp³-hybridized carbons (Fsp3) is 0.263. The van der Waals surface area contributed by atoms with E-state index < -0.39 is 5.97 Å². The lowest BCUT2D eigenvalue weighted by Crippen LogP contribution is -2.32. The molecule has 0 aromatic heterocycles. The molecular weight excluding hydrogens is 320 g/mol. The summed E-state index contributed by atoms with van der Waals surface area (Å²) in [5.74, 6) is -0.647. The van der Waals surface area contributed by atoms with Crippen LogP contribution in [0.4, 0.5) is 11.4 Å². The van der Waals surface area contributed by atoms with Crippen LogP contribution in [-0.2, 0) is 16.0 Å². The molecule has 0 spiro atoms. The molecule has 0 fully saturated rings. The van der Waals surface area contributed by atoms with Gasteiger partial charge in [-0.3, -0.25) is 4.79 Å². The third kappa shape index (κ3) is 4.09. The molecule has 3 rings (SSSR count). The molecule has 1 heterocycles. The van der Waals surface area contributed by atoms with Crippen LogP contribution in [0.15, 0.2) is 42.5 Å². The number of carbonyl (C=O) groups excluding carboxylic acids is 1. The van der Waals surface area contributed by atoms with Gasteiger partial charge in [-0.1, -0.05) is 18.2 Å². The molecule has 0 aliphatic carbocycles. The molecule has 1 aliphatic rings. The van der Waals surface area contributed by atoms with Gasteiger partial charge in [-0.2, -0.15) is 0 Å². The molecule has 1 aliphatic heterocycles. The molecule has 0 bridgehead atoms. The quantitative estimate of drug-likeness (QED) is 0.844. The van der Waals surface area contributed by atoms with E-state index in [2.05, 4.69) is 16.3 Å². The van der Waals surface area contributed by atoms with E-state index in [1.54, 1.807) is 18.2 Å². The maximum atomic E-state index is 12.4. The first-order valence-corrected chi connectivity index (χ1v) is 8.11. The highest BCUT2D eigenvalue weighted by Gasteiger charge is 2.20. The summed E-state index contributed by atoms with van der Waals surface area (Å²) >= 11 is 0. The zero-order chi connectivity index (χ0) is 17.8. The second-order valence-electron chi connectivity index (χ2n) is 6.01. The minimum atomic E-state index is -1.03. The van der Waals surface area contributed by atoms with Crippen LogP contribution in [0.3, 0.4) is 0 Å². The second-order valence-corrected chi connectivity index (χ2v) is 6.01. The topological polar surface area (TPSA) is 78.9 Å². The molecule has 6 heteroatoms. The van der Waals surface area contributed by atoms with Gasteiger partial charge in [0.1, 0.15) is 5.75 Å². The van der Waals surface area contributed by atoms with Crippen molar-refractivity contribution in [2.75, 3.05) is 29.9 Å². The summed E-state index contributed by atoms with van der Waals surface area (Å²) in [5.41, 5.74) is 3.90. The number of rotatable bonds is 6. The smallest absolute Gasteiger partial charge is 0.341 e. The minimum Gasteiger partial charge on any atom is -0.482 e. The molecule has 6 nitrogen and oxygen atoms in total. The summed E-state index contributed by atoms with van der Waals surface area (Å²) < 4.78 is 5.13. The van der Waals surface area contributed by atoms with Gasteiger partial charge in [-0.15, -0.1) is 0 Å². The van der Waals surface area contributed by atoms with Crippen molar-refractivity contribution in [3.63, 3.8) is 0 Å². The maximum absolute atomic E-state index is 12.4. The van der Waals surface area contributed by atoms with Crippen LogP contribution in [0, 0.1) is 6.92 Å². The SMILES string of the molecule is Cc1cc(OCC(=O)O)ccc1NC(=O)CN1CCc2ccccc21. The van der Waals surface area contributed by atoms with E-state index in [0.717, 1.165) is 24.2 Å². The second kappa shape index (κ2) is 7.25. The highest BCUT2D eigenvalue weighted by Crippen LogP contribution is 2.27. The number of carboxylic acids is 1. The number of para-hydroxylation sites is 1. The lowest BCUT2D eigenvalue weighted by molar-refractivity contribution is -0.139. The van der Waals surface area contributed by atoms with Crippen molar-refractivity contribution < 1.29 is 19.4 Å². The lowest BCUT2D eigenvalue weighted by Gasteiger charge is -2.19. The number of amides is 1. The van der Waals surface area contributed by atoms with Gasteiger partial charge >= 0.3 is 5.97 Å². The van der Waals surface area contributed by atoms with Gasteiger partial charge in [0, 0.05) is 17.9 Å². The molecule has 1 amide bonds. The van der Waals surface area contributed by atoms with E-state index in [4.69, 9.17) is 9.84 Å². The van der Waals surface area contributed by atoms with Crippen LogP contribution in [0.5, 0.6) is 5.75 Å². The van der Waals surface area contributed by atoms with E-state index in [-0.39, 0.29) is 12.5 Å². The average Bonchev–Trinajstić information content (AvgIpc) is 2.98. The number of benzene rings is 2. The number of aliphatic carboxylic acids is 1. The summed E-state index contributed by atoms with van der Waals surface area (Å²) in [5, 5.41) is 11.5. The van der Waals surface area contributed by atoms with Crippen molar-refractivity contribution in [2.45, 2.75) is 13.3 Å². The van der Waals surface area contributed by atoms with Gasteiger partial charge in [-0.25, -0.2) is 4.79 Å². The number of anilines is 2. The Labute approximate surface area is 146 Å². The third-order valence-electron chi connectivity index (χ3n) is 4.15. The molecule has 0 unspecified atom stereocenters. The Bertz CT molecular complexity index is 804. The van der Waals surface area contributed by atoms with Crippen molar-refractivity contribution in [3.8, 4) is 5.75 Å². The Morgan fingerprint density at radius 2 is 2.04 bits per heavy atom. The molecule has 130 valence electrons. The van der Waals surface area contributed by atoms with Crippen molar-refractivity contribution in [2.24, 2.45) is 0 Å². The minimum absolute atomic E-state index is 0.0843. The Morgan fingerprint density at radius 1 is 1.24 bits per heavy atom. The number of hydrogen-bond donors (Lipinski definition) is 2. The summed E-state index contributed by atoms with van der Waals surface area (Å²) in [4.78, 5) is 25.0. The van der Waals surface area contributed by atoms with E-state index in [1.165, 1.54) is 5.56 Å². The van der Waals surface area contributed by atoms with Gasteiger partial charge < -0.3 is 20.1 Å². The van der Waals surface area contributed by atoms with E-state index >= 15 is 0 Å². The number of ether oxygens (including phenoxy) is 1. The Hall–Kier alpha value is -3.02. The molecule has 2 N–H and O–H groups in total. The van der Waals surface area contributed by atoms with Crippen molar-refractivity contribution in [1.82, 2.24) is 0 Å². The van der Waals surface area contributed by atoms with Gasteiger partial charge in [0.05, 0.1) is 6.54 Å². The number of aryl methyl sites for hydroxylation is 1. The van der Waals surface area contributed by atoms with Crippen LogP contribution in [-0.4, -0.2) is 36.7 Å². The Balaban J connectivity index is 1.61. The van der Waals surface area contributed by atoms with Crippen LogP contribution in [0.1, 0.15) is 11.1 Å². The first kappa shape index (κ1) is 16.8. The lowest BCUT2D eigenvalue weighted by atomic mass is 10.2. The molecular formula is C19H20N2O4. The number of nitrogens with one attached hydrogen (secondary N) is 1. The van der Waals surface area contributed by atoms with E-state index in [1.807, 2.05) is 25.1 Å². The number of carbonyl (C=O) groups is 2. The number of nitrogens with zero attached hydrogens (tertiary/aromatic N) is 1. The molecule has 0 saturated carbocycles. The predicted molar refractivity (Wildman–Crippen MR) is 95.3 cm³/mol. The summed E-state index contributed by atoms with van der Waals surface area (Å²) in [6.45, 7) is 2.59. The van der Waals surface area contributed by atoms with Gasteiger partial charge in [0.25, 0.3) is 0 Å². The fourth-order valence-corrected chi connectivity index (χ4v) is 2.95. The predicted octanol–water partition coefficient (Wildman–Crippen LogP) is 2.46. The van der Waals surface area contributed by atoms with Gasteiger partial charge in [0.15, 0.2) is 6.61 Å². The highest BCUT2D eigenvalue weighted by molar-refractivity contribution is 5.95. The van der Waals surface area contributed by atoms with Crippen LogP contribution >= 0.6 is 0 Å². The summed E-state index contributed by atoms with van der Waals surface area (Å²) in [6.07, 6.45) is 0.956.